The number of ketones is 1. The Bertz CT molecular complexity index is 261. The molecule has 0 spiro atoms. The molecule has 1 atom stereocenters. The van der Waals surface area contributed by atoms with Gasteiger partial charge in [-0.1, -0.05) is 20.8 Å². The van der Waals surface area contributed by atoms with E-state index in [-0.39, 0.29) is 11.7 Å². The first-order valence-electron chi connectivity index (χ1n) is 6.86. The van der Waals surface area contributed by atoms with Gasteiger partial charge in [0.1, 0.15) is 5.60 Å². The summed E-state index contributed by atoms with van der Waals surface area (Å²) in [7, 11) is 0. The molecule has 0 rings (SSSR count). The zero-order valence-corrected chi connectivity index (χ0v) is 13.0. The maximum absolute atomic E-state index is 12.3. The summed E-state index contributed by atoms with van der Waals surface area (Å²) < 4.78 is 5.66. The molecule has 1 N–H and O–H groups in total. The second-order valence-corrected chi connectivity index (χ2v) is 6.82. The number of hydrogen-bond acceptors (Lipinski definition) is 3. The Morgan fingerprint density at radius 3 is 2.06 bits per heavy atom. The highest BCUT2D eigenvalue weighted by atomic mass is 16.5. The third-order valence-corrected chi connectivity index (χ3v) is 3.04. The van der Waals surface area contributed by atoms with Gasteiger partial charge in [-0.2, -0.15) is 0 Å². The third kappa shape index (κ3) is 7.12. The molecule has 0 bridgehead atoms. The highest BCUT2D eigenvalue weighted by Gasteiger charge is 2.32. The van der Waals surface area contributed by atoms with E-state index in [9.17, 15) is 9.90 Å². The minimum atomic E-state index is -0.764. The summed E-state index contributed by atoms with van der Waals surface area (Å²) >= 11 is 0. The molecule has 1 unspecified atom stereocenters. The number of ether oxygens (including phenoxy) is 1. The zero-order chi connectivity index (χ0) is 14.6. The molecule has 3 heteroatoms. The summed E-state index contributed by atoms with van der Waals surface area (Å²) in [5, 5.41) is 9.62. The SMILES string of the molecule is CC(C)CC(C)C(=O)C(C)(C)OCCC(C)(C)O. The fourth-order valence-electron chi connectivity index (χ4n) is 2.03. The molecule has 0 heterocycles. The average Bonchev–Trinajstić information content (AvgIpc) is 2.12. The highest BCUT2D eigenvalue weighted by Crippen LogP contribution is 2.22. The van der Waals surface area contributed by atoms with E-state index in [0.717, 1.165) is 6.42 Å². The van der Waals surface area contributed by atoms with Crippen LogP contribution in [0.15, 0.2) is 0 Å². The second-order valence-electron chi connectivity index (χ2n) is 6.82. The van der Waals surface area contributed by atoms with E-state index in [1.807, 2.05) is 20.8 Å². The molecule has 0 fully saturated rings. The normalized spacial score (nSPS) is 14.9. The van der Waals surface area contributed by atoms with E-state index in [2.05, 4.69) is 13.8 Å². The van der Waals surface area contributed by atoms with E-state index >= 15 is 0 Å². The van der Waals surface area contributed by atoms with Crippen LogP contribution in [0.2, 0.25) is 0 Å². The Morgan fingerprint density at radius 1 is 1.17 bits per heavy atom. The summed E-state index contributed by atoms with van der Waals surface area (Å²) in [5.41, 5.74) is -1.51. The minimum absolute atomic E-state index is 0.0159. The van der Waals surface area contributed by atoms with Gasteiger partial charge in [-0.25, -0.2) is 0 Å². The van der Waals surface area contributed by atoms with Crippen LogP contribution in [0.5, 0.6) is 0 Å². The van der Waals surface area contributed by atoms with Crippen molar-refractivity contribution in [2.24, 2.45) is 11.8 Å². The van der Waals surface area contributed by atoms with Gasteiger partial charge < -0.3 is 9.84 Å². The van der Waals surface area contributed by atoms with Crippen molar-refractivity contribution >= 4 is 5.78 Å². The molecular formula is C15H30O3. The van der Waals surface area contributed by atoms with Gasteiger partial charge in [-0.05, 0) is 46.5 Å². The van der Waals surface area contributed by atoms with E-state index in [4.69, 9.17) is 4.74 Å². The van der Waals surface area contributed by atoms with Crippen molar-refractivity contribution in [2.45, 2.75) is 72.5 Å². The van der Waals surface area contributed by atoms with E-state index < -0.39 is 11.2 Å². The van der Waals surface area contributed by atoms with Crippen LogP contribution in [-0.4, -0.2) is 28.7 Å². The smallest absolute Gasteiger partial charge is 0.166 e. The summed E-state index contributed by atoms with van der Waals surface area (Å²) in [6.07, 6.45) is 1.42. The first kappa shape index (κ1) is 17.6. The Balaban J connectivity index is 4.31. The van der Waals surface area contributed by atoms with Crippen molar-refractivity contribution in [3.63, 3.8) is 0 Å². The monoisotopic (exact) mass is 258 g/mol. The quantitative estimate of drug-likeness (QED) is 0.727. The molecule has 0 aromatic carbocycles. The predicted octanol–water partition coefficient (Wildman–Crippen LogP) is 3.19. The summed E-state index contributed by atoms with van der Waals surface area (Å²) in [6, 6.07) is 0. The van der Waals surface area contributed by atoms with Gasteiger partial charge in [0.2, 0.25) is 0 Å². The molecule has 0 saturated heterocycles. The van der Waals surface area contributed by atoms with Crippen molar-refractivity contribution in [3.05, 3.63) is 0 Å². The molecule has 0 aromatic heterocycles. The molecular weight excluding hydrogens is 228 g/mol. The lowest BCUT2D eigenvalue weighted by atomic mass is 9.87. The fraction of sp³-hybridized carbons (Fsp3) is 0.933. The zero-order valence-electron chi connectivity index (χ0n) is 13.0. The van der Waals surface area contributed by atoms with Crippen molar-refractivity contribution in [1.82, 2.24) is 0 Å². The number of Topliss-reactive ketones (excluding diaryl/α,β-unsaturated/α-hetero) is 1. The van der Waals surface area contributed by atoms with Crippen molar-refractivity contribution in [3.8, 4) is 0 Å². The largest absolute Gasteiger partial charge is 0.390 e. The van der Waals surface area contributed by atoms with Gasteiger partial charge in [-0.3, -0.25) is 4.79 Å². The van der Waals surface area contributed by atoms with Crippen LogP contribution in [0.4, 0.5) is 0 Å². The number of carbonyl (C=O) groups is 1. The molecule has 0 aliphatic heterocycles. The van der Waals surface area contributed by atoms with Crippen LogP contribution in [0, 0.1) is 11.8 Å². The average molecular weight is 258 g/mol. The maximum atomic E-state index is 12.3. The molecule has 0 aliphatic carbocycles. The van der Waals surface area contributed by atoms with Crippen LogP contribution in [0.3, 0.4) is 0 Å². The summed E-state index contributed by atoms with van der Waals surface area (Å²) in [5.74, 6) is 0.671. The van der Waals surface area contributed by atoms with Gasteiger partial charge in [0.15, 0.2) is 5.78 Å². The van der Waals surface area contributed by atoms with Gasteiger partial charge in [0, 0.05) is 5.92 Å². The molecule has 0 saturated carbocycles. The molecule has 3 nitrogen and oxygen atoms in total. The standard InChI is InChI=1S/C15H30O3/c1-11(2)10-12(3)13(16)15(6,7)18-9-8-14(4,5)17/h11-12,17H,8-10H2,1-7H3. The Labute approximate surface area is 112 Å². The Kier molecular flexibility index (Phi) is 6.52. The predicted molar refractivity (Wildman–Crippen MR) is 74.6 cm³/mol. The minimum Gasteiger partial charge on any atom is -0.390 e. The first-order chi connectivity index (χ1) is 7.96. The fourth-order valence-corrected chi connectivity index (χ4v) is 2.03. The van der Waals surface area contributed by atoms with E-state index in [1.165, 1.54) is 0 Å². The molecule has 0 amide bonds. The van der Waals surface area contributed by atoms with Crippen LogP contribution in [0.1, 0.15) is 61.3 Å². The van der Waals surface area contributed by atoms with Crippen molar-refractivity contribution < 1.29 is 14.6 Å². The number of carbonyl (C=O) groups excluding carboxylic acids is 1. The van der Waals surface area contributed by atoms with Crippen LogP contribution in [0.25, 0.3) is 0 Å². The third-order valence-electron chi connectivity index (χ3n) is 3.04. The second kappa shape index (κ2) is 6.67. The summed E-state index contributed by atoms with van der Waals surface area (Å²) in [6.45, 7) is 13.7. The lowest BCUT2D eigenvalue weighted by Crippen LogP contribution is -2.40. The van der Waals surface area contributed by atoms with E-state index in [1.54, 1.807) is 13.8 Å². The number of hydrogen-bond donors (Lipinski definition) is 1. The first-order valence-corrected chi connectivity index (χ1v) is 6.86. The summed E-state index contributed by atoms with van der Waals surface area (Å²) in [4.78, 5) is 12.3. The van der Waals surface area contributed by atoms with Crippen LogP contribution >= 0.6 is 0 Å². The lowest BCUT2D eigenvalue weighted by molar-refractivity contribution is -0.146. The molecule has 0 radical (unpaired) electrons. The van der Waals surface area contributed by atoms with Gasteiger partial charge in [0.25, 0.3) is 0 Å². The highest BCUT2D eigenvalue weighted by molar-refractivity contribution is 5.88. The molecule has 18 heavy (non-hydrogen) atoms. The topological polar surface area (TPSA) is 46.5 Å². The van der Waals surface area contributed by atoms with Gasteiger partial charge in [0.05, 0.1) is 12.2 Å². The van der Waals surface area contributed by atoms with Crippen molar-refractivity contribution in [2.75, 3.05) is 6.61 Å². The van der Waals surface area contributed by atoms with Crippen LogP contribution < -0.4 is 0 Å². The van der Waals surface area contributed by atoms with Gasteiger partial charge >= 0.3 is 0 Å². The van der Waals surface area contributed by atoms with E-state index in [0.29, 0.717) is 18.9 Å². The van der Waals surface area contributed by atoms with Crippen LogP contribution in [-0.2, 0) is 9.53 Å². The lowest BCUT2D eigenvalue weighted by Gasteiger charge is -2.29. The van der Waals surface area contributed by atoms with Crippen molar-refractivity contribution in [1.29, 1.82) is 0 Å². The molecule has 0 aliphatic rings. The Morgan fingerprint density at radius 2 is 1.67 bits per heavy atom. The maximum Gasteiger partial charge on any atom is 0.166 e. The number of aliphatic hydroxyl groups is 1. The molecule has 108 valence electrons. The number of rotatable bonds is 8. The molecule has 0 aromatic rings. The van der Waals surface area contributed by atoms with Gasteiger partial charge in [-0.15, -0.1) is 0 Å². The Hall–Kier alpha value is -0.410.